The van der Waals surface area contributed by atoms with Crippen molar-refractivity contribution in [3.8, 4) is 6.07 Å². The largest absolute Gasteiger partial charge is 0.364 e. The second kappa shape index (κ2) is 3.97. The number of rotatable bonds is 3. The summed E-state index contributed by atoms with van der Waals surface area (Å²) in [4.78, 5) is 13.8. The molecule has 0 aliphatic rings. The number of nitriles is 1. The summed E-state index contributed by atoms with van der Waals surface area (Å²) in [7, 11) is 0. The van der Waals surface area contributed by atoms with Gasteiger partial charge in [0.15, 0.2) is 6.07 Å². The van der Waals surface area contributed by atoms with E-state index < -0.39 is 5.91 Å². The van der Waals surface area contributed by atoms with Crippen molar-refractivity contribution < 1.29 is 4.79 Å². The molecule has 74 valence electrons. The van der Waals surface area contributed by atoms with Crippen LogP contribution in [0.1, 0.15) is 19.5 Å². The SMILES string of the molecule is CC(C)(CNC(=O)C#N)c1ccc[nH]1. The Labute approximate surface area is 82.9 Å². The van der Waals surface area contributed by atoms with Gasteiger partial charge in [-0.25, -0.2) is 0 Å². The Bertz CT molecular complexity index is 346. The molecule has 1 aromatic heterocycles. The minimum Gasteiger partial charge on any atom is -0.364 e. The number of carbonyl (C=O) groups is 1. The molecular weight excluding hydrogens is 178 g/mol. The molecule has 1 rings (SSSR count). The third kappa shape index (κ3) is 2.36. The number of carbonyl (C=O) groups excluding carboxylic acids is 1. The minimum absolute atomic E-state index is 0.185. The van der Waals surface area contributed by atoms with Crippen LogP contribution in [0, 0.1) is 11.3 Å². The molecule has 0 atom stereocenters. The molecule has 0 unspecified atom stereocenters. The normalized spacial score (nSPS) is 10.6. The lowest BCUT2D eigenvalue weighted by atomic mass is 9.89. The van der Waals surface area contributed by atoms with E-state index in [1.807, 2.05) is 32.2 Å². The molecule has 0 aromatic carbocycles. The van der Waals surface area contributed by atoms with Crippen LogP contribution in [0.15, 0.2) is 18.3 Å². The number of aromatic nitrogens is 1. The Hall–Kier alpha value is -1.76. The first kappa shape index (κ1) is 10.3. The van der Waals surface area contributed by atoms with Gasteiger partial charge in [0, 0.05) is 23.9 Å². The fourth-order valence-electron chi connectivity index (χ4n) is 1.19. The average molecular weight is 191 g/mol. The molecule has 1 aromatic rings. The highest BCUT2D eigenvalue weighted by molar-refractivity contribution is 5.91. The first-order chi connectivity index (χ1) is 6.56. The molecule has 1 heterocycles. The molecule has 0 saturated carbocycles. The lowest BCUT2D eigenvalue weighted by molar-refractivity contribution is -0.116. The van der Waals surface area contributed by atoms with E-state index in [0.717, 1.165) is 5.69 Å². The van der Waals surface area contributed by atoms with E-state index in [4.69, 9.17) is 5.26 Å². The zero-order chi connectivity index (χ0) is 10.6. The van der Waals surface area contributed by atoms with E-state index in [0.29, 0.717) is 6.54 Å². The van der Waals surface area contributed by atoms with Crippen LogP contribution >= 0.6 is 0 Å². The van der Waals surface area contributed by atoms with Crippen LogP contribution in [0.2, 0.25) is 0 Å². The Morgan fingerprint density at radius 3 is 2.93 bits per heavy atom. The molecule has 2 N–H and O–H groups in total. The Kier molecular flexibility index (Phi) is 2.92. The second-order valence-corrected chi connectivity index (χ2v) is 3.76. The maximum atomic E-state index is 10.7. The molecule has 0 fully saturated rings. The van der Waals surface area contributed by atoms with Crippen molar-refractivity contribution in [1.82, 2.24) is 10.3 Å². The zero-order valence-electron chi connectivity index (χ0n) is 8.29. The second-order valence-electron chi connectivity index (χ2n) is 3.76. The van der Waals surface area contributed by atoms with Crippen LogP contribution in [-0.4, -0.2) is 17.4 Å². The van der Waals surface area contributed by atoms with Crippen LogP contribution in [0.5, 0.6) is 0 Å². The molecule has 0 bridgehead atoms. The standard InChI is InChI=1S/C10H13N3O/c1-10(2,7-13-9(14)6-11)8-4-3-5-12-8/h3-5,12H,7H2,1-2H3,(H,13,14). The zero-order valence-corrected chi connectivity index (χ0v) is 8.29. The highest BCUT2D eigenvalue weighted by Crippen LogP contribution is 2.19. The Balaban J connectivity index is 2.60. The molecule has 0 saturated heterocycles. The van der Waals surface area contributed by atoms with Gasteiger partial charge in [0.05, 0.1) is 0 Å². The van der Waals surface area contributed by atoms with Gasteiger partial charge in [-0.3, -0.25) is 4.79 Å². The summed E-state index contributed by atoms with van der Waals surface area (Å²) in [5.74, 6) is -0.593. The summed E-state index contributed by atoms with van der Waals surface area (Å²) in [6.07, 6.45) is 1.84. The first-order valence-electron chi connectivity index (χ1n) is 4.38. The lowest BCUT2D eigenvalue weighted by Crippen LogP contribution is -2.36. The summed E-state index contributed by atoms with van der Waals surface area (Å²) in [6.45, 7) is 4.44. The quantitative estimate of drug-likeness (QED) is 0.698. The molecule has 0 aliphatic carbocycles. The van der Waals surface area contributed by atoms with Gasteiger partial charge in [0.1, 0.15) is 0 Å². The van der Waals surface area contributed by atoms with Crippen LogP contribution in [0.3, 0.4) is 0 Å². The molecule has 14 heavy (non-hydrogen) atoms. The molecule has 4 heteroatoms. The monoisotopic (exact) mass is 191 g/mol. The fourth-order valence-corrected chi connectivity index (χ4v) is 1.19. The van der Waals surface area contributed by atoms with E-state index in [-0.39, 0.29) is 5.41 Å². The van der Waals surface area contributed by atoms with Crippen molar-refractivity contribution in [2.24, 2.45) is 0 Å². The maximum absolute atomic E-state index is 10.7. The number of hydrogen-bond acceptors (Lipinski definition) is 2. The summed E-state index contributed by atoms with van der Waals surface area (Å²) in [5, 5.41) is 10.8. The predicted molar refractivity (Wildman–Crippen MR) is 52.4 cm³/mol. The van der Waals surface area contributed by atoms with Crippen LogP contribution in [-0.2, 0) is 10.2 Å². The average Bonchev–Trinajstić information content (AvgIpc) is 2.67. The lowest BCUT2D eigenvalue weighted by Gasteiger charge is -2.22. The number of nitrogens with one attached hydrogen (secondary N) is 2. The Morgan fingerprint density at radius 2 is 2.43 bits per heavy atom. The van der Waals surface area contributed by atoms with Crippen molar-refractivity contribution in [2.75, 3.05) is 6.54 Å². The summed E-state index contributed by atoms with van der Waals surface area (Å²) in [6, 6.07) is 5.39. The van der Waals surface area contributed by atoms with Crippen molar-refractivity contribution in [1.29, 1.82) is 5.26 Å². The summed E-state index contributed by atoms with van der Waals surface area (Å²) < 4.78 is 0. The van der Waals surface area contributed by atoms with Crippen molar-refractivity contribution in [3.05, 3.63) is 24.0 Å². The van der Waals surface area contributed by atoms with E-state index in [9.17, 15) is 4.79 Å². The summed E-state index contributed by atoms with van der Waals surface area (Å²) in [5.41, 5.74) is 0.853. The molecular formula is C10H13N3O. The van der Waals surface area contributed by atoms with Crippen molar-refractivity contribution in [2.45, 2.75) is 19.3 Å². The van der Waals surface area contributed by atoms with E-state index in [2.05, 4.69) is 10.3 Å². The number of hydrogen-bond donors (Lipinski definition) is 2. The highest BCUT2D eigenvalue weighted by Gasteiger charge is 2.21. The van der Waals surface area contributed by atoms with Gasteiger partial charge in [-0.2, -0.15) is 5.26 Å². The van der Waals surface area contributed by atoms with Gasteiger partial charge in [0.25, 0.3) is 0 Å². The maximum Gasteiger partial charge on any atom is 0.322 e. The molecule has 4 nitrogen and oxygen atoms in total. The number of H-pyrrole nitrogens is 1. The molecule has 0 spiro atoms. The smallest absolute Gasteiger partial charge is 0.322 e. The highest BCUT2D eigenvalue weighted by atomic mass is 16.1. The first-order valence-corrected chi connectivity index (χ1v) is 4.38. The van der Waals surface area contributed by atoms with E-state index in [1.165, 1.54) is 6.07 Å². The molecule has 0 aliphatic heterocycles. The fraction of sp³-hybridized carbons (Fsp3) is 0.400. The minimum atomic E-state index is -0.593. The number of amides is 1. The molecule has 0 radical (unpaired) electrons. The van der Waals surface area contributed by atoms with Crippen LogP contribution in [0.25, 0.3) is 0 Å². The summed E-state index contributed by atoms with van der Waals surface area (Å²) >= 11 is 0. The van der Waals surface area contributed by atoms with Gasteiger partial charge in [-0.15, -0.1) is 0 Å². The van der Waals surface area contributed by atoms with Gasteiger partial charge < -0.3 is 10.3 Å². The van der Waals surface area contributed by atoms with Gasteiger partial charge in [-0.05, 0) is 12.1 Å². The number of aromatic amines is 1. The number of nitrogens with zero attached hydrogens (tertiary/aromatic N) is 1. The van der Waals surface area contributed by atoms with E-state index >= 15 is 0 Å². The van der Waals surface area contributed by atoms with Gasteiger partial charge >= 0.3 is 5.91 Å². The third-order valence-corrected chi connectivity index (χ3v) is 2.12. The van der Waals surface area contributed by atoms with Crippen molar-refractivity contribution in [3.63, 3.8) is 0 Å². The van der Waals surface area contributed by atoms with Crippen molar-refractivity contribution >= 4 is 5.91 Å². The topological polar surface area (TPSA) is 68.7 Å². The van der Waals surface area contributed by atoms with Crippen LogP contribution < -0.4 is 5.32 Å². The molecule has 1 amide bonds. The van der Waals surface area contributed by atoms with Crippen LogP contribution in [0.4, 0.5) is 0 Å². The van der Waals surface area contributed by atoms with Gasteiger partial charge in [-0.1, -0.05) is 13.8 Å². The van der Waals surface area contributed by atoms with Gasteiger partial charge in [0.2, 0.25) is 0 Å². The van der Waals surface area contributed by atoms with E-state index in [1.54, 1.807) is 0 Å². The Morgan fingerprint density at radius 1 is 1.71 bits per heavy atom. The predicted octanol–water partition coefficient (Wildman–Crippen LogP) is 0.932. The third-order valence-electron chi connectivity index (χ3n) is 2.12.